The molecule has 236 valence electrons. The Morgan fingerprint density at radius 3 is 2.29 bits per heavy atom. The fourth-order valence-electron chi connectivity index (χ4n) is 5.45. The molecule has 10 nitrogen and oxygen atoms in total. The van der Waals surface area contributed by atoms with Crippen molar-refractivity contribution in [1.82, 2.24) is 10.0 Å². The Morgan fingerprint density at radius 2 is 1.60 bits per heavy atom. The van der Waals surface area contributed by atoms with Crippen molar-refractivity contribution in [3.05, 3.63) is 102 Å². The monoisotopic (exact) mass is 631 g/mol. The number of rotatable bonds is 13. The van der Waals surface area contributed by atoms with E-state index >= 15 is 0 Å². The van der Waals surface area contributed by atoms with Gasteiger partial charge in [0.2, 0.25) is 22.7 Å². The zero-order valence-corrected chi connectivity index (χ0v) is 26.0. The van der Waals surface area contributed by atoms with E-state index in [2.05, 4.69) is 10.0 Å². The lowest BCUT2D eigenvalue weighted by Crippen LogP contribution is -2.44. The van der Waals surface area contributed by atoms with E-state index in [1.165, 1.54) is 6.07 Å². The normalized spacial score (nSPS) is 14.2. The molecule has 0 spiro atoms. The van der Waals surface area contributed by atoms with Gasteiger partial charge in [-0.3, -0.25) is 4.79 Å². The zero-order valence-electron chi connectivity index (χ0n) is 25.2. The van der Waals surface area contributed by atoms with Crippen LogP contribution in [0.4, 0.5) is 0 Å². The summed E-state index contributed by atoms with van der Waals surface area (Å²) in [4.78, 5) is 25.6. The molecule has 2 atom stereocenters. The van der Waals surface area contributed by atoms with Crippen molar-refractivity contribution in [2.45, 2.75) is 62.0 Å². The largest absolute Gasteiger partial charge is 0.480 e. The van der Waals surface area contributed by atoms with Crippen molar-refractivity contribution in [1.29, 1.82) is 0 Å². The second-order valence-electron chi connectivity index (χ2n) is 11.2. The second-order valence-corrected chi connectivity index (χ2v) is 12.9. The number of carboxylic acids is 1. The van der Waals surface area contributed by atoms with Crippen molar-refractivity contribution in [3.8, 4) is 11.5 Å². The van der Waals surface area contributed by atoms with Gasteiger partial charge in [0.05, 0.1) is 10.9 Å². The minimum absolute atomic E-state index is 0.0250. The number of ether oxygens (including phenoxy) is 2. The summed E-state index contributed by atoms with van der Waals surface area (Å²) in [6, 6.07) is 22.2. The molecule has 11 heteroatoms. The summed E-state index contributed by atoms with van der Waals surface area (Å²) >= 11 is 0. The van der Waals surface area contributed by atoms with Gasteiger partial charge >= 0.3 is 5.97 Å². The van der Waals surface area contributed by atoms with Crippen LogP contribution in [0, 0.1) is 0 Å². The lowest BCUT2D eigenvalue weighted by Gasteiger charge is -2.27. The average Bonchev–Trinajstić information content (AvgIpc) is 3.52. The lowest BCUT2D eigenvalue weighted by atomic mass is 9.85. The van der Waals surface area contributed by atoms with Crippen LogP contribution in [0.1, 0.15) is 55.8 Å². The number of amides is 1. The number of hydrogen-bond donors (Lipinski definition) is 4. The molecule has 1 aliphatic rings. The molecule has 1 aliphatic heterocycles. The molecule has 0 saturated carbocycles. The number of carbonyl (C=O) groups is 2. The van der Waals surface area contributed by atoms with E-state index in [0.717, 1.165) is 29.2 Å². The molecule has 0 fully saturated rings. The first-order valence-electron chi connectivity index (χ1n) is 14.8. The highest BCUT2D eigenvalue weighted by Gasteiger charge is 2.29. The Balaban J connectivity index is 1.36. The quantitative estimate of drug-likeness (QED) is 0.164. The first-order chi connectivity index (χ1) is 21.5. The van der Waals surface area contributed by atoms with Crippen LogP contribution in [0.15, 0.2) is 89.8 Å². The Kier molecular flexibility index (Phi) is 9.42. The maximum absolute atomic E-state index is 13.6. The molecule has 1 heterocycles. The van der Waals surface area contributed by atoms with Crippen molar-refractivity contribution in [2.24, 2.45) is 5.73 Å². The number of nitrogens with two attached hydrogens (primary N) is 1. The number of fused-ring (bicyclic) bond motifs is 2. The molecule has 0 bridgehead atoms. The number of aliphatic carboxylic acids is 1. The Morgan fingerprint density at radius 1 is 0.911 bits per heavy atom. The molecule has 4 aromatic carbocycles. The number of nitrogens with one attached hydrogen (secondary N) is 2. The summed E-state index contributed by atoms with van der Waals surface area (Å²) in [5.74, 6) is -0.928. The van der Waals surface area contributed by atoms with Gasteiger partial charge < -0.3 is 25.6 Å². The van der Waals surface area contributed by atoms with Gasteiger partial charge in [-0.15, -0.1) is 0 Å². The Labute approximate surface area is 262 Å². The number of carboxylic acid groups (broad SMARTS) is 1. The number of sulfonamides is 1. The third kappa shape index (κ3) is 7.28. The highest BCUT2D eigenvalue weighted by Crippen LogP contribution is 2.35. The summed E-state index contributed by atoms with van der Waals surface area (Å²) in [5.41, 5.74) is 8.15. The van der Waals surface area contributed by atoms with Crippen LogP contribution in [0.25, 0.3) is 10.8 Å². The molecule has 5 N–H and O–H groups in total. The van der Waals surface area contributed by atoms with Gasteiger partial charge in [-0.05, 0) is 64.6 Å². The zero-order chi connectivity index (χ0) is 32.2. The number of benzene rings is 4. The SMILES string of the molecule is CCC(N)(CC)c1ccc(CC(NC(=O)CC(NS(=O)(=O)c2ccc3ccccc3c2)c2ccc3c(c2)OCO3)C(=O)O)cc1. The summed E-state index contributed by atoms with van der Waals surface area (Å²) in [6.07, 6.45) is 1.18. The van der Waals surface area contributed by atoms with Crippen molar-refractivity contribution < 1.29 is 32.6 Å². The summed E-state index contributed by atoms with van der Waals surface area (Å²) in [7, 11) is -4.10. The first-order valence-corrected chi connectivity index (χ1v) is 16.3. The standard InChI is InChI=1S/C34H37N3O7S/c1-3-34(35,4-2)26-13-9-22(10-14-26)17-29(33(39)40)36-32(38)20-28(25-12-16-30-31(19-25)44-21-43-30)37-45(41,42)27-15-11-23-7-5-6-8-24(23)18-27/h5-16,18-19,28-29,37H,3-4,17,20-21,35H2,1-2H3,(H,36,38)(H,39,40). The molecule has 2 unspecified atom stereocenters. The third-order valence-corrected chi connectivity index (χ3v) is 9.85. The molecule has 0 aromatic heterocycles. The fraction of sp³-hybridized carbons (Fsp3) is 0.294. The Hall–Kier alpha value is -4.45. The van der Waals surface area contributed by atoms with E-state index in [-0.39, 0.29) is 24.5 Å². The minimum atomic E-state index is -4.10. The van der Waals surface area contributed by atoms with Gasteiger partial charge in [-0.1, -0.05) is 74.5 Å². The maximum Gasteiger partial charge on any atom is 0.326 e. The van der Waals surface area contributed by atoms with Gasteiger partial charge in [-0.2, -0.15) is 0 Å². The molecule has 0 aliphatic carbocycles. The average molecular weight is 632 g/mol. The van der Waals surface area contributed by atoms with Crippen molar-refractivity contribution >= 4 is 32.7 Å². The topological polar surface area (TPSA) is 157 Å². The van der Waals surface area contributed by atoms with E-state index in [9.17, 15) is 23.1 Å². The molecule has 4 aromatic rings. The molecule has 5 rings (SSSR count). The van der Waals surface area contributed by atoms with Crippen molar-refractivity contribution in [3.63, 3.8) is 0 Å². The van der Waals surface area contributed by atoms with Gasteiger partial charge in [0.15, 0.2) is 11.5 Å². The minimum Gasteiger partial charge on any atom is -0.480 e. The van der Waals surface area contributed by atoms with E-state index in [4.69, 9.17) is 15.2 Å². The molecule has 0 radical (unpaired) electrons. The number of carbonyl (C=O) groups excluding carboxylic acids is 1. The van der Waals surface area contributed by atoms with E-state index in [1.54, 1.807) is 30.3 Å². The fourth-order valence-corrected chi connectivity index (χ4v) is 6.71. The van der Waals surface area contributed by atoms with Gasteiger partial charge in [0.1, 0.15) is 6.04 Å². The summed E-state index contributed by atoms with van der Waals surface area (Å²) < 4.78 is 40.7. The summed E-state index contributed by atoms with van der Waals surface area (Å²) in [6.45, 7) is 4.06. The van der Waals surface area contributed by atoms with Crippen LogP contribution in [0.2, 0.25) is 0 Å². The maximum atomic E-state index is 13.6. The smallest absolute Gasteiger partial charge is 0.326 e. The third-order valence-electron chi connectivity index (χ3n) is 8.38. The van der Waals surface area contributed by atoms with Crippen LogP contribution in [-0.4, -0.2) is 38.2 Å². The lowest BCUT2D eigenvalue weighted by molar-refractivity contribution is -0.141. The molecular formula is C34H37N3O7S. The second kappa shape index (κ2) is 13.3. The van der Waals surface area contributed by atoms with Gasteiger partial charge in [0, 0.05) is 18.4 Å². The van der Waals surface area contributed by atoms with Crippen LogP contribution in [0.5, 0.6) is 11.5 Å². The van der Waals surface area contributed by atoms with E-state index in [1.807, 2.05) is 62.4 Å². The van der Waals surface area contributed by atoms with Crippen LogP contribution in [-0.2, 0) is 31.6 Å². The first kappa shape index (κ1) is 32.0. The van der Waals surface area contributed by atoms with E-state index in [0.29, 0.717) is 22.6 Å². The molecular weight excluding hydrogens is 594 g/mol. The highest BCUT2D eigenvalue weighted by molar-refractivity contribution is 7.89. The van der Waals surface area contributed by atoms with Crippen molar-refractivity contribution in [2.75, 3.05) is 6.79 Å². The van der Waals surface area contributed by atoms with Gasteiger partial charge in [-0.25, -0.2) is 17.9 Å². The number of hydrogen-bond acceptors (Lipinski definition) is 7. The predicted molar refractivity (Wildman–Crippen MR) is 170 cm³/mol. The van der Waals surface area contributed by atoms with E-state index < -0.39 is 39.5 Å². The predicted octanol–water partition coefficient (Wildman–Crippen LogP) is 4.76. The Bertz CT molecular complexity index is 1800. The highest BCUT2D eigenvalue weighted by atomic mass is 32.2. The van der Waals surface area contributed by atoms with Crippen LogP contribution < -0.4 is 25.2 Å². The molecule has 1 amide bonds. The molecule has 45 heavy (non-hydrogen) atoms. The van der Waals surface area contributed by atoms with Crippen LogP contribution >= 0.6 is 0 Å². The van der Waals surface area contributed by atoms with Crippen LogP contribution in [0.3, 0.4) is 0 Å². The summed E-state index contributed by atoms with van der Waals surface area (Å²) in [5, 5.41) is 14.2. The van der Waals surface area contributed by atoms with Gasteiger partial charge in [0.25, 0.3) is 0 Å². The molecule has 0 saturated heterocycles.